The Morgan fingerprint density at radius 3 is 1.68 bits per heavy atom. The highest BCUT2D eigenvalue weighted by Crippen LogP contribution is 2.36. The van der Waals surface area contributed by atoms with Crippen molar-refractivity contribution >= 4 is 0 Å². The molecule has 0 radical (unpaired) electrons. The first-order valence-corrected chi connectivity index (χ1v) is 5.62. The van der Waals surface area contributed by atoms with Crippen molar-refractivity contribution in [1.29, 1.82) is 0 Å². The van der Waals surface area contributed by atoms with Crippen molar-refractivity contribution in [2.45, 2.75) is 39.0 Å². The summed E-state index contributed by atoms with van der Waals surface area (Å²) in [5, 5.41) is 0. The summed E-state index contributed by atoms with van der Waals surface area (Å²) in [4.78, 5) is 0. The fraction of sp³-hybridized carbons (Fsp3) is 0.538. The maximum Gasteiger partial charge on any atom is 0.416 e. The molecular formula is C13H14F6. The molecule has 0 fully saturated rings. The normalized spacial score (nSPS) is 13.7. The fourth-order valence-electron chi connectivity index (χ4n) is 1.97. The van der Waals surface area contributed by atoms with E-state index in [1.807, 2.05) is 0 Å². The molecule has 1 aromatic rings. The molecule has 0 amide bonds. The molecule has 0 aromatic heterocycles. The van der Waals surface area contributed by atoms with Crippen molar-refractivity contribution < 1.29 is 26.3 Å². The minimum Gasteiger partial charge on any atom is -0.171 e. The van der Waals surface area contributed by atoms with Crippen LogP contribution in [0.3, 0.4) is 0 Å². The number of hydrogen-bond acceptors (Lipinski definition) is 0. The monoisotopic (exact) mass is 284 g/mol. The van der Waals surface area contributed by atoms with Crippen LogP contribution in [0.4, 0.5) is 26.3 Å². The smallest absolute Gasteiger partial charge is 0.171 e. The third-order valence-corrected chi connectivity index (χ3v) is 2.64. The fourth-order valence-corrected chi connectivity index (χ4v) is 1.97. The minimum absolute atomic E-state index is 0.0741. The van der Waals surface area contributed by atoms with Crippen LogP contribution in [0.25, 0.3) is 0 Å². The number of benzene rings is 1. The van der Waals surface area contributed by atoms with Crippen molar-refractivity contribution in [1.82, 2.24) is 0 Å². The van der Waals surface area contributed by atoms with Gasteiger partial charge in [0.05, 0.1) is 5.56 Å². The molecule has 108 valence electrons. The molecule has 0 aliphatic rings. The maximum atomic E-state index is 12.3. The first-order chi connectivity index (χ1) is 8.39. The van der Waals surface area contributed by atoms with Gasteiger partial charge in [-0.15, -0.1) is 0 Å². The molecule has 1 rings (SSSR count). The van der Waals surface area contributed by atoms with Crippen LogP contribution in [-0.2, 0) is 12.6 Å². The van der Waals surface area contributed by atoms with Gasteiger partial charge in [0.1, 0.15) is 0 Å². The molecule has 0 aliphatic carbocycles. The lowest BCUT2D eigenvalue weighted by Crippen LogP contribution is -2.24. The second-order valence-corrected chi connectivity index (χ2v) is 5.33. The van der Waals surface area contributed by atoms with Crippen molar-refractivity contribution in [3.63, 3.8) is 0 Å². The maximum absolute atomic E-state index is 12.3. The number of alkyl halides is 6. The molecule has 0 saturated carbocycles. The van der Waals surface area contributed by atoms with Crippen LogP contribution in [0.15, 0.2) is 24.3 Å². The largest absolute Gasteiger partial charge is 0.416 e. The zero-order chi connectivity index (χ0) is 14.9. The molecule has 0 bridgehead atoms. The Hall–Kier alpha value is -1.20. The van der Waals surface area contributed by atoms with Crippen LogP contribution < -0.4 is 0 Å². The topological polar surface area (TPSA) is 0 Å². The third kappa shape index (κ3) is 5.53. The highest BCUT2D eigenvalue weighted by Gasteiger charge is 2.36. The van der Waals surface area contributed by atoms with Gasteiger partial charge >= 0.3 is 12.4 Å². The van der Waals surface area contributed by atoms with Gasteiger partial charge < -0.3 is 0 Å². The zero-order valence-corrected chi connectivity index (χ0v) is 10.5. The van der Waals surface area contributed by atoms with Gasteiger partial charge in [0.15, 0.2) is 0 Å². The van der Waals surface area contributed by atoms with E-state index in [-0.39, 0.29) is 6.42 Å². The summed E-state index contributed by atoms with van der Waals surface area (Å²) < 4.78 is 74.0. The van der Waals surface area contributed by atoms with E-state index in [0.717, 1.165) is 12.1 Å². The van der Waals surface area contributed by atoms with Crippen LogP contribution in [0.2, 0.25) is 0 Å². The quantitative estimate of drug-likeness (QED) is 0.667. The van der Waals surface area contributed by atoms with Gasteiger partial charge in [-0.05, 0) is 29.5 Å². The van der Waals surface area contributed by atoms with E-state index in [4.69, 9.17) is 0 Å². The summed E-state index contributed by atoms with van der Waals surface area (Å²) in [6, 6.07) is 4.22. The van der Waals surface area contributed by atoms with Gasteiger partial charge in [-0.1, -0.05) is 26.0 Å². The second kappa shape index (κ2) is 5.06. The first-order valence-electron chi connectivity index (χ1n) is 5.62. The van der Waals surface area contributed by atoms with E-state index in [0.29, 0.717) is 5.56 Å². The van der Waals surface area contributed by atoms with E-state index in [2.05, 4.69) is 0 Å². The van der Waals surface area contributed by atoms with E-state index in [1.165, 1.54) is 26.0 Å². The van der Waals surface area contributed by atoms with E-state index in [1.54, 1.807) is 0 Å². The van der Waals surface area contributed by atoms with Gasteiger partial charge in [-0.2, -0.15) is 26.3 Å². The van der Waals surface area contributed by atoms with E-state index >= 15 is 0 Å². The predicted molar refractivity (Wildman–Crippen MR) is 59.6 cm³/mol. The molecule has 0 saturated heterocycles. The van der Waals surface area contributed by atoms with Gasteiger partial charge in [0, 0.05) is 6.42 Å². The summed E-state index contributed by atoms with van der Waals surface area (Å²) in [6.45, 7) is 2.89. The predicted octanol–water partition coefficient (Wildman–Crippen LogP) is 5.23. The average molecular weight is 284 g/mol. The number of hydrogen-bond donors (Lipinski definition) is 0. The Morgan fingerprint density at radius 1 is 0.842 bits per heavy atom. The van der Waals surface area contributed by atoms with Gasteiger partial charge in [0.2, 0.25) is 0 Å². The summed E-state index contributed by atoms with van der Waals surface area (Å²) in [5.41, 5.74) is -1.38. The third-order valence-electron chi connectivity index (χ3n) is 2.64. The second-order valence-electron chi connectivity index (χ2n) is 5.33. The van der Waals surface area contributed by atoms with Crippen LogP contribution in [0.5, 0.6) is 0 Å². The summed E-state index contributed by atoms with van der Waals surface area (Å²) in [5.74, 6) is 0. The lowest BCUT2D eigenvalue weighted by Gasteiger charge is -2.26. The van der Waals surface area contributed by atoms with Crippen molar-refractivity contribution in [3.8, 4) is 0 Å². The van der Waals surface area contributed by atoms with Crippen LogP contribution >= 0.6 is 0 Å². The Labute approximate surface area is 107 Å². The number of rotatable bonds is 3. The zero-order valence-electron chi connectivity index (χ0n) is 10.5. The lowest BCUT2D eigenvalue weighted by molar-refractivity contribution is -0.154. The Morgan fingerprint density at radius 2 is 1.32 bits per heavy atom. The minimum atomic E-state index is -4.43. The standard InChI is InChI=1S/C13H14F6/c1-11(2,8-12(14,15)16)7-9-3-5-10(6-4-9)13(17,18)19/h3-6H,7-8H2,1-2H3. The SMILES string of the molecule is CC(C)(Cc1ccc(C(F)(F)F)cc1)CC(F)(F)F. The molecule has 0 unspecified atom stereocenters. The van der Waals surface area contributed by atoms with Crippen LogP contribution in [0, 0.1) is 5.41 Å². The Balaban J connectivity index is 2.78. The Kier molecular flexibility index (Phi) is 4.22. The summed E-state index contributed by atoms with van der Waals surface area (Å²) in [6.07, 6.45) is -9.61. The summed E-state index contributed by atoms with van der Waals surface area (Å²) >= 11 is 0. The lowest BCUT2D eigenvalue weighted by atomic mass is 9.82. The molecule has 6 heteroatoms. The van der Waals surface area contributed by atoms with Gasteiger partial charge in [0.25, 0.3) is 0 Å². The number of halogens is 6. The van der Waals surface area contributed by atoms with Crippen molar-refractivity contribution in [2.24, 2.45) is 5.41 Å². The molecule has 0 N–H and O–H groups in total. The molecule has 0 heterocycles. The molecule has 0 aliphatic heterocycles. The van der Waals surface area contributed by atoms with Crippen molar-refractivity contribution in [2.75, 3.05) is 0 Å². The molecule has 0 atom stereocenters. The highest BCUT2D eigenvalue weighted by molar-refractivity contribution is 5.25. The van der Waals surface area contributed by atoms with Gasteiger partial charge in [-0.3, -0.25) is 0 Å². The molecular weight excluding hydrogens is 270 g/mol. The van der Waals surface area contributed by atoms with Crippen LogP contribution in [-0.4, -0.2) is 6.18 Å². The van der Waals surface area contributed by atoms with Gasteiger partial charge in [-0.25, -0.2) is 0 Å². The molecule has 1 aromatic carbocycles. The van der Waals surface area contributed by atoms with E-state index in [9.17, 15) is 26.3 Å². The highest BCUT2D eigenvalue weighted by atomic mass is 19.4. The summed E-state index contributed by atoms with van der Waals surface area (Å²) in [7, 11) is 0. The Bertz CT molecular complexity index is 410. The average Bonchev–Trinajstić information content (AvgIpc) is 2.11. The van der Waals surface area contributed by atoms with Crippen molar-refractivity contribution in [3.05, 3.63) is 35.4 Å². The van der Waals surface area contributed by atoms with Crippen LogP contribution in [0.1, 0.15) is 31.4 Å². The molecule has 19 heavy (non-hydrogen) atoms. The first kappa shape index (κ1) is 15.9. The molecule has 0 nitrogen and oxygen atoms in total. The van der Waals surface area contributed by atoms with E-state index < -0.39 is 29.8 Å². The molecule has 0 spiro atoms.